The van der Waals surface area contributed by atoms with E-state index in [4.69, 9.17) is 9.47 Å². The Morgan fingerprint density at radius 1 is 1.03 bits per heavy atom. The smallest absolute Gasteiger partial charge is 0.253 e. The van der Waals surface area contributed by atoms with Gasteiger partial charge in [0.2, 0.25) is 15.9 Å². The van der Waals surface area contributed by atoms with Crippen molar-refractivity contribution in [3.8, 4) is 11.5 Å². The highest BCUT2D eigenvalue weighted by molar-refractivity contribution is 7.92. The molecule has 10 heteroatoms. The van der Waals surface area contributed by atoms with Crippen LogP contribution in [0, 0.1) is 0 Å². The fraction of sp³-hybridized carbons (Fsp3) is 0.391. The monoisotopic (exact) mass is 475 g/mol. The zero-order valence-corrected chi connectivity index (χ0v) is 20.0. The molecule has 0 aliphatic carbocycles. The zero-order chi connectivity index (χ0) is 24.2. The van der Waals surface area contributed by atoms with Crippen LogP contribution >= 0.6 is 0 Å². The molecule has 0 fully saturated rings. The van der Waals surface area contributed by atoms with Gasteiger partial charge < -0.3 is 20.1 Å². The first-order valence-corrected chi connectivity index (χ1v) is 12.2. The van der Waals surface area contributed by atoms with E-state index in [0.717, 1.165) is 4.31 Å². The van der Waals surface area contributed by atoms with Gasteiger partial charge in [0.15, 0.2) is 11.5 Å². The first-order valence-electron chi connectivity index (χ1n) is 10.6. The lowest BCUT2D eigenvalue weighted by atomic mass is 10.1. The van der Waals surface area contributed by atoms with Gasteiger partial charge in [0.1, 0.15) is 19.8 Å². The molecule has 0 unspecified atom stereocenters. The van der Waals surface area contributed by atoms with Crippen molar-refractivity contribution < 1.29 is 27.5 Å². The lowest BCUT2D eigenvalue weighted by molar-refractivity contribution is -0.114. The predicted octanol–water partition coefficient (Wildman–Crippen LogP) is 2.78. The normalized spacial score (nSPS) is 13.2. The molecular weight excluding hydrogens is 446 g/mol. The molecule has 1 aliphatic heterocycles. The Bertz CT molecular complexity index is 1140. The van der Waals surface area contributed by atoms with Crippen molar-refractivity contribution in [1.29, 1.82) is 0 Å². The molecule has 9 nitrogen and oxygen atoms in total. The van der Waals surface area contributed by atoms with Crippen molar-refractivity contribution in [2.75, 3.05) is 35.1 Å². The largest absolute Gasteiger partial charge is 0.486 e. The molecule has 2 aromatic carbocycles. The number of anilines is 2. The molecule has 33 heavy (non-hydrogen) atoms. The summed E-state index contributed by atoms with van der Waals surface area (Å²) in [5.41, 5.74) is 0.401. The molecule has 0 spiro atoms. The molecule has 1 aliphatic rings. The number of nitrogens with one attached hydrogen (secondary N) is 2. The van der Waals surface area contributed by atoms with E-state index in [1.807, 2.05) is 20.8 Å². The van der Waals surface area contributed by atoms with Gasteiger partial charge in [0.25, 0.3) is 5.91 Å². The second-order valence-electron chi connectivity index (χ2n) is 8.53. The first kappa shape index (κ1) is 24.4. The summed E-state index contributed by atoms with van der Waals surface area (Å²) in [4.78, 5) is 25.6. The van der Waals surface area contributed by atoms with Gasteiger partial charge in [-0.2, -0.15) is 0 Å². The fourth-order valence-corrected chi connectivity index (χ4v) is 4.27. The molecule has 0 saturated carbocycles. The summed E-state index contributed by atoms with van der Waals surface area (Å²) >= 11 is 0. The van der Waals surface area contributed by atoms with Crippen LogP contribution in [0.1, 0.15) is 38.1 Å². The summed E-state index contributed by atoms with van der Waals surface area (Å²) in [6.07, 6.45) is 0. The van der Waals surface area contributed by atoms with Gasteiger partial charge >= 0.3 is 0 Å². The number of fused-ring (bicyclic) bond motifs is 1. The molecule has 0 radical (unpaired) electrons. The average molecular weight is 476 g/mol. The second-order valence-corrected chi connectivity index (χ2v) is 10.7. The third-order valence-electron chi connectivity index (χ3n) is 4.74. The van der Waals surface area contributed by atoms with Crippen LogP contribution in [-0.2, 0) is 14.8 Å². The topological polar surface area (TPSA) is 114 Å². The SMILES string of the molecule is CCS(=O)(=O)N(CC(=O)Nc1ccccc1C(=O)NC(C)(C)C)c1ccc2c(c1)OCCO2. The van der Waals surface area contributed by atoms with Crippen molar-refractivity contribution in [2.45, 2.75) is 33.2 Å². The summed E-state index contributed by atoms with van der Waals surface area (Å²) in [7, 11) is -3.78. The highest BCUT2D eigenvalue weighted by Crippen LogP contribution is 2.34. The zero-order valence-electron chi connectivity index (χ0n) is 19.2. The second kappa shape index (κ2) is 9.70. The molecule has 2 aromatic rings. The van der Waals surface area contributed by atoms with Crippen LogP contribution in [-0.4, -0.2) is 51.3 Å². The van der Waals surface area contributed by atoms with E-state index in [9.17, 15) is 18.0 Å². The van der Waals surface area contributed by atoms with Crippen molar-refractivity contribution in [2.24, 2.45) is 0 Å². The van der Waals surface area contributed by atoms with E-state index in [-0.39, 0.29) is 22.9 Å². The van der Waals surface area contributed by atoms with Gasteiger partial charge in [0.05, 0.1) is 22.7 Å². The first-order chi connectivity index (χ1) is 15.5. The van der Waals surface area contributed by atoms with Gasteiger partial charge in [-0.1, -0.05) is 12.1 Å². The van der Waals surface area contributed by atoms with E-state index < -0.39 is 28.0 Å². The Kier molecular flexibility index (Phi) is 7.16. The standard InChI is InChI=1S/C23H29N3O6S/c1-5-33(29,30)26(16-10-11-19-20(14-16)32-13-12-31-19)15-21(27)24-18-9-7-6-8-17(18)22(28)25-23(2,3)4/h6-11,14H,5,12-13,15H2,1-4H3,(H,24,27)(H,25,28). The number of ether oxygens (including phenoxy) is 2. The van der Waals surface area contributed by atoms with Crippen LogP contribution in [0.15, 0.2) is 42.5 Å². The summed E-state index contributed by atoms with van der Waals surface area (Å²) in [5, 5.41) is 5.53. The lowest BCUT2D eigenvalue weighted by Crippen LogP contribution is -2.41. The van der Waals surface area contributed by atoms with Gasteiger partial charge in [0, 0.05) is 11.6 Å². The van der Waals surface area contributed by atoms with Crippen molar-refractivity contribution >= 4 is 33.2 Å². The van der Waals surface area contributed by atoms with Gasteiger partial charge in [-0.25, -0.2) is 8.42 Å². The molecule has 1 heterocycles. The Balaban J connectivity index is 1.84. The third-order valence-corrected chi connectivity index (χ3v) is 6.48. The van der Waals surface area contributed by atoms with Crippen LogP contribution in [0.4, 0.5) is 11.4 Å². The molecule has 2 amide bonds. The van der Waals surface area contributed by atoms with Crippen molar-refractivity contribution in [3.05, 3.63) is 48.0 Å². The molecule has 0 bridgehead atoms. The van der Waals surface area contributed by atoms with E-state index in [1.165, 1.54) is 6.92 Å². The number of hydrogen-bond donors (Lipinski definition) is 2. The maximum Gasteiger partial charge on any atom is 0.253 e. The summed E-state index contributed by atoms with van der Waals surface area (Å²) in [5.74, 6) is -0.192. The minimum Gasteiger partial charge on any atom is -0.486 e. The quantitative estimate of drug-likeness (QED) is 0.637. The summed E-state index contributed by atoms with van der Waals surface area (Å²) in [6.45, 7) is 7.36. The number of sulfonamides is 1. The van der Waals surface area contributed by atoms with Gasteiger partial charge in [-0.15, -0.1) is 0 Å². The van der Waals surface area contributed by atoms with Crippen LogP contribution in [0.2, 0.25) is 0 Å². The van der Waals surface area contributed by atoms with Crippen molar-refractivity contribution in [1.82, 2.24) is 5.32 Å². The van der Waals surface area contributed by atoms with E-state index in [1.54, 1.807) is 42.5 Å². The highest BCUT2D eigenvalue weighted by Gasteiger charge is 2.26. The minimum absolute atomic E-state index is 0.195. The fourth-order valence-electron chi connectivity index (χ4n) is 3.21. The minimum atomic E-state index is -3.78. The molecular formula is C23H29N3O6S. The van der Waals surface area contributed by atoms with Crippen LogP contribution in [0.3, 0.4) is 0 Å². The summed E-state index contributed by atoms with van der Waals surface area (Å²) in [6, 6.07) is 11.3. The molecule has 0 saturated heterocycles. The Hall–Kier alpha value is -3.27. The maximum atomic E-state index is 12.9. The van der Waals surface area contributed by atoms with E-state index >= 15 is 0 Å². The van der Waals surface area contributed by atoms with Crippen LogP contribution in [0.25, 0.3) is 0 Å². The van der Waals surface area contributed by atoms with E-state index in [2.05, 4.69) is 10.6 Å². The average Bonchev–Trinajstić information content (AvgIpc) is 2.76. The molecule has 2 N–H and O–H groups in total. The molecule has 0 aromatic heterocycles. The number of benzene rings is 2. The number of amides is 2. The molecule has 3 rings (SSSR count). The Morgan fingerprint density at radius 3 is 2.36 bits per heavy atom. The van der Waals surface area contributed by atoms with Crippen molar-refractivity contribution in [3.63, 3.8) is 0 Å². The van der Waals surface area contributed by atoms with Gasteiger partial charge in [-0.3, -0.25) is 13.9 Å². The van der Waals surface area contributed by atoms with Gasteiger partial charge in [-0.05, 0) is 52.0 Å². The van der Waals surface area contributed by atoms with E-state index in [0.29, 0.717) is 30.4 Å². The Labute approximate surface area is 194 Å². The maximum absolute atomic E-state index is 12.9. The number of carbonyl (C=O) groups is 2. The number of rotatable bonds is 7. The number of nitrogens with zero attached hydrogens (tertiary/aromatic N) is 1. The molecule has 0 atom stereocenters. The van der Waals surface area contributed by atoms with Crippen LogP contribution < -0.4 is 24.4 Å². The number of para-hydroxylation sites is 1. The van der Waals surface area contributed by atoms with Crippen LogP contribution in [0.5, 0.6) is 11.5 Å². The number of hydrogen-bond acceptors (Lipinski definition) is 6. The summed E-state index contributed by atoms with van der Waals surface area (Å²) < 4.78 is 37.7. The number of carbonyl (C=O) groups excluding carboxylic acids is 2. The highest BCUT2D eigenvalue weighted by atomic mass is 32.2. The predicted molar refractivity (Wildman–Crippen MR) is 127 cm³/mol. The third kappa shape index (κ3) is 6.16. The molecule has 178 valence electrons. The lowest BCUT2D eigenvalue weighted by Gasteiger charge is -2.26. The Morgan fingerprint density at radius 2 is 1.70 bits per heavy atom.